The third kappa shape index (κ3) is 7.40. The zero-order valence-corrected chi connectivity index (χ0v) is 18.2. The molecule has 6 nitrogen and oxygen atoms in total. The first-order valence-corrected chi connectivity index (χ1v) is 11.9. The van der Waals surface area contributed by atoms with Crippen LogP contribution in [0.2, 0.25) is 0 Å². The second kappa shape index (κ2) is 11.7. The van der Waals surface area contributed by atoms with Crippen molar-refractivity contribution in [2.24, 2.45) is 11.0 Å². The number of ether oxygens (including phenoxy) is 1. The maximum atomic E-state index is 12.8. The van der Waals surface area contributed by atoms with E-state index in [0.29, 0.717) is 25.6 Å². The molecule has 3 rings (SSSR count). The lowest BCUT2D eigenvalue weighted by atomic mass is 9.95. The van der Waals surface area contributed by atoms with Gasteiger partial charge in [-0.15, -0.1) is 0 Å². The van der Waals surface area contributed by atoms with Crippen LogP contribution in [-0.2, 0) is 14.3 Å². The van der Waals surface area contributed by atoms with Crippen molar-refractivity contribution < 1.29 is 14.3 Å². The Morgan fingerprint density at radius 3 is 2.38 bits per heavy atom. The fraction of sp³-hybridized carbons (Fsp3) is 0.870. The Kier molecular flexibility index (Phi) is 8.96. The lowest BCUT2D eigenvalue weighted by Gasteiger charge is -2.21. The Morgan fingerprint density at radius 1 is 1.00 bits per heavy atom. The smallest absolute Gasteiger partial charge is 0.248 e. The Morgan fingerprint density at radius 2 is 1.66 bits per heavy atom. The van der Waals surface area contributed by atoms with Gasteiger partial charge in [-0.1, -0.05) is 44.9 Å². The molecule has 2 saturated carbocycles. The lowest BCUT2D eigenvalue weighted by molar-refractivity contribution is -0.129. The Balaban J connectivity index is 1.38. The first kappa shape index (κ1) is 22.3. The number of nitrogens with one attached hydrogen (secondary N) is 1. The molecule has 2 amide bonds. The molecule has 0 saturated heterocycles. The van der Waals surface area contributed by atoms with Crippen molar-refractivity contribution in [2.45, 2.75) is 109 Å². The van der Waals surface area contributed by atoms with Crippen molar-refractivity contribution in [1.82, 2.24) is 10.3 Å². The molecule has 0 bridgehead atoms. The molecular weight excluding hydrogens is 366 g/mol. The minimum Gasteiger partial charge on any atom is -0.376 e. The van der Waals surface area contributed by atoms with Gasteiger partial charge in [0.15, 0.2) is 0 Å². The van der Waals surface area contributed by atoms with E-state index in [2.05, 4.69) is 10.4 Å². The van der Waals surface area contributed by atoms with E-state index in [1.165, 1.54) is 25.7 Å². The minimum atomic E-state index is 0.0723. The van der Waals surface area contributed by atoms with Crippen molar-refractivity contribution >= 4 is 17.5 Å². The molecule has 1 heterocycles. The van der Waals surface area contributed by atoms with E-state index in [1.54, 1.807) is 5.01 Å². The predicted molar refractivity (Wildman–Crippen MR) is 115 cm³/mol. The molecule has 6 heteroatoms. The van der Waals surface area contributed by atoms with Gasteiger partial charge < -0.3 is 10.1 Å². The van der Waals surface area contributed by atoms with Gasteiger partial charge in [0, 0.05) is 17.7 Å². The molecule has 2 fully saturated rings. The topological polar surface area (TPSA) is 71.0 Å². The number of carbonyl (C=O) groups is 2. The van der Waals surface area contributed by atoms with Crippen LogP contribution in [0.4, 0.5) is 0 Å². The van der Waals surface area contributed by atoms with Gasteiger partial charge in [-0.25, -0.2) is 5.01 Å². The molecule has 2 aliphatic carbocycles. The summed E-state index contributed by atoms with van der Waals surface area (Å²) in [6.07, 6.45) is 15.4. The van der Waals surface area contributed by atoms with Gasteiger partial charge in [-0.3, -0.25) is 9.59 Å². The molecule has 1 N–H and O–H groups in total. The molecule has 0 aromatic rings. The maximum Gasteiger partial charge on any atom is 0.248 e. The number of amides is 2. The third-order valence-corrected chi connectivity index (χ3v) is 6.62. The molecule has 29 heavy (non-hydrogen) atoms. The van der Waals surface area contributed by atoms with E-state index in [-0.39, 0.29) is 23.8 Å². The van der Waals surface area contributed by atoms with Crippen molar-refractivity contribution in [3.8, 4) is 0 Å². The van der Waals surface area contributed by atoms with E-state index in [4.69, 9.17) is 4.74 Å². The zero-order valence-electron chi connectivity index (χ0n) is 18.2. The molecular formula is C23H39N3O3. The van der Waals surface area contributed by atoms with Crippen molar-refractivity contribution in [1.29, 1.82) is 0 Å². The zero-order chi connectivity index (χ0) is 20.5. The highest BCUT2D eigenvalue weighted by molar-refractivity contribution is 6.03. The van der Waals surface area contributed by atoms with Crippen LogP contribution in [0.1, 0.15) is 96.8 Å². The van der Waals surface area contributed by atoms with Crippen LogP contribution in [0, 0.1) is 5.92 Å². The number of rotatable bonds is 6. The number of nitrogens with zero attached hydrogens (tertiary/aromatic N) is 2. The first-order chi connectivity index (χ1) is 14.1. The molecule has 2 unspecified atom stereocenters. The molecule has 3 aliphatic rings. The highest BCUT2D eigenvalue weighted by Gasteiger charge is 2.25. The summed E-state index contributed by atoms with van der Waals surface area (Å²) in [5.74, 6) is 0.525. The molecule has 0 radical (unpaired) electrons. The number of hydrazone groups is 1. The molecule has 164 valence electrons. The van der Waals surface area contributed by atoms with Crippen LogP contribution < -0.4 is 5.32 Å². The summed E-state index contributed by atoms with van der Waals surface area (Å²) in [4.78, 5) is 24.6. The van der Waals surface area contributed by atoms with E-state index in [0.717, 1.165) is 63.5 Å². The molecule has 2 atom stereocenters. The van der Waals surface area contributed by atoms with Crippen molar-refractivity contribution in [2.75, 3.05) is 13.2 Å². The summed E-state index contributed by atoms with van der Waals surface area (Å²) < 4.78 is 6.09. The Bertz CT molecular complexity index is 570. The number of hydrogen-bond donors (Lipinski definition) is 1. The van der Waals surface area contributed by atoms with Gasteiger partial charge in [0.2, 0.25) is 11.8 Å². The largest absolute Gasteiger partial charge is 0.376 e. The van der Waals surface area contributed by atoms with E-state index in [9.17, 15) is 9.59 Å². The standard InChI is InChI=1S/C23H39N3O3/c1-18-17-22(27)26(25-18)15-16-29-21-13-7-6-9-19(10-8-14-21)23(28)24-20-11-4-2-3-5-12-20/h19-21H,2-17H2,1H3,(H,24,28). The summed E-state index contributed by atoms with van der Waals surface area (Å²) in [6, 6.07) is 0.397. The van der Waals surface area contributed by atoms with Gasteiger partial charge in [0.05, 0.1) is 25.7 Å². The van der Waals surface area contributed by atoms with Gasteiger partial charge in [0.1, 0.15) is 0 Å². The van der Waals surface area contributed by atoms with E-state index >= 15 is 0 Å². The van der Waals surface area contributed by atoms with Crippen LogP contribution in [0.15, 0.2) is 5.10 Å². The summed E-state index contributed by atoms with van der Waals surface area (Å²) >= 11 is 0. The van der Waals surface area contributed by atoms with Crippen LogP contribution in [0.5, 0.6) is 0 Å². The fourth-order valence-electron chi connectivity index (χ4n) is 4.90. The summed E-state index contributed by atoms with van der Waals surface area (Å²) in [5, 5.41) is 9.16. The number of carbonyl (C=O) groups excluding carboxylic acids is 2. The molecule has 1 aliphatic heterocycles. The summed E-state index contributed by atoms with van der Waals surface area (Å²) in [6.45, 7) is 2.97. The second-order valence-electron chi connectivity index (χ2n) is 9.13. The first-order valence-electron chi connectivity index (χ1n) is 11.9. The lowest BCUT2D eigenvalue weighted by Crippen LogP contribution is -2.38. The maximum absolute atomic E-state index is 12.8. The monoisotopic (exact) mass is 405 g/mol. The number of hydrogen-bond acceptors (Lipinski definition) is 4. The van der Waals surface area contributed by atoms with Gasteiger partial charge in [0.25, 0.3) is 0 Å². The highest BCUT2D eigenvalue weighted by Crippen LogP contribution is 2.25. The van der Waals surface area contributed by atoms with Gasteiger partial charge >= 0.3 is 0 Å². The minimum absolute atomic E-state index is 0.0723. The van der Waals surface area contributed by atoms with Crippen molar-refractivity contribution in [3.05, 3.63) is 0 Å². The fourth-order valence-corrected chi connectivity index (χ4v) is 4.90. The highest BCUT2D eigenvalue weighted by atomic mass is 16.5. The average Bonchev–Trinajstić information content (AvgIpc) is 2.87. The average molecular weight is 406 g/mol. The van der Waals surface area contributed by atoms with Crippen molar-refractivity contribution in [3.63, 3.8) is 0 Å². The molecule has 0 aromatic heterocycles. The second-order valence-corrected chi connectivity index (χ2v) is 9.13. The normalized spacial score (nSPS) is 27.6. The van der Waals surface area contributed by atoms with Crippen LogP contribution >= 0.6 is 0 Å². The van der Waals surface area contributed by atoms with E-state index < -0.39 is 0 Å². The van der Waals surface area contributed by atoms with E-state index in [1.807, 2.05) is 6.92 Å². The Labute approximate surface area is 175 Å². The van der Waals surface area contributed by atoms with Crippen LogP contribution in [0.3, 0.4) is 0 Å². The van der Waals surface area contributed by atoms with Gasteiger partial charge in [-0.2, -0.15) is 5.10 Å². The molecule has 0 spiro atoms. The predicted octanol–water partition coefficient (Wildman–Crippen LogP) is 4.18. The van der Waals surface area contributed by atoms with Gasteiger partial charge in [-0.05, 0) is 45.4 Å². The summed E-state index contributed by atoms with van der Waals surface area (Å²) in [7, 11) is 0. The van der Waals surface area contributed by atoms with Crippen LogP contribution in [-0.4, -0.2) is 47.8 Å². The summed E-state index contributed by atoms with van der Waals surface area (Å²) in [5.41, 5.74) is 0.880. The molecule has 0 aromatic carbocycles. The third-order valence-electron chi connectivity index (χ3n) is 6.62. The quantitative estimate of drug-likeness (QED) is 0.674. The van der Waals surface area contributed by atoms with Crippen LogP contribution in [0.25, 0.3) is 0 Å². The Hall–Kier alpha value is -1.43. The SMILES string of the molecule is CC1=NN(CCOC2CCCCC(C(=O)NC3CCCCCC3)CCC2)C(=O)C1.